The Morgan fingerprint density at radius 3 is 2.81 bits per heavy atom. The molecule has 8 heteroatoms. The van der Waals surface area contributed by atoms with Crippen molar-refractivity contribution in [2.24, 2.45) is 0 Å². The number of halogens is 1. The summed E-state index contributed by atoms with van der Waals surface area (Å²) in [6, 6.07) is 12.8. The SMILES string of the molecule is CC(C)Oc1ccc(-c2nc(-c3ccc(CN4CCCC4=O)cc3Cl)no2)cc1C#N. The second kappa shape index (κ2) is 8.78. The Morgan fingerprint density at radius 2 is 2.13 bits per heavy atom. The number of carbonyl (C=O) groups excluding carboxylic acids is 1. The lowest BCUT2D eigenvalue weighted by atomic mass is 10.1. The molecule has 0 saturated carbocycles. The molecule has 3 aromatic rings. The van der Waals surface area contributed by atoms with Gasteiger partial charge in [-0.3, -0.25) is 4.79 Å². The molecule has 7 nitrogen and oxygen atoms in total. The minimum absolute atomic E-state index is 0.0401. The number of benzene rings is 2. The molecule has 2 aromatic carbocycles. The summed E-state index contributed by atoms with van der Waals surface area (Å²) in [6.07, 6.45) is 1.46. The number of ether oxygens (including phenoxy) is 1. The summed E-state index contributed by atoms with van der Waals surface area (Å²) in [6.45, 7) is 5.12. The highest BCUT2D eigenvalue weighted by Crippen LogP contribution is 2.31. The molecule has 1 aliphatic heterocycles. The number of nitrogens with zero attached hydrogens (tertiary/aromatic N) is 4. The van der Waals surface area contributed by atoms with Gasteiger partial charge in [-0.05, 0) is 56.2 Å². The van der Waals surface area contributed by atoms with Crippen LogP contribution >= 0.6 is 11.6 Å². The van der Waals surface area contributed by atoms with Crippen LogP contribution in [0.1, 0.15) is 37.8 Å². The average Bonchev–Trinajstić information content (AvgIpc) is 3.38. The normalized spacial score (nSPS) is 13.6. The van der Waals surface area contributed by atoms with Gasteiger partial charge in [-0.25, -0.2) is 0 Å². The van der Waals surface area contributed by atoms with Crippen molar-refractivity contribution in [3.8, 4) is 34.7 Å². The molecular formula is C23H21ClN4O3. The largest absolute Gasteiger partial charge is 0.490 e. The van der Waals surface area contributed by atoms with Crippen molar-refractivity contribution in [3.05, 3.63) is 52.5 Å². The van der Waals surface area contributed by atoms with Gasteiger partial charge >= 0.3 is 0 Å². The van der Waals surface area contributed by atoms with Crippen LogP contribution in [0.15, 0.2) is 40.9 Å². The van der Waals surface area contributed by atoms with Gasteiger partial charge in [0.1, 0.15) is 11.8 Å². The van der Waals surface area contributed by atoms with E-state index in [-0.39, 0.29) is 17.9 Å². The van der Waals surface area contributed by atoms with Crippen LogP contribution in [0.3, 0.4) is 0 Å². The Hall–Kier alpha value is -3.37. The number of likely N-dealkylation sites (tertiary alicyclic amines) is 1. The van der Waals surface area contributed by atoms with E-state index in [1.807, 2.05) is 36.9 Å². The number of rotatable bonds is 6. The van der Waals surface area contributed by atoms with Gasteiger partial charge in [0.25, 0.3) is 5.89 Å². The van der Waals surface area contributed by atoms with Crippen molar-refractivity contribution in [2.75, 3.05) is 6.54 Å². The van der Waals surface area contributed by atoms with Gasteiger partial charge in [0, 0.05) is 30.6 Å². The molecule has 158 valence electrons. The predicted octanol–water partition coefficient (Wildman–Crippen LogP) is 4.84. The van der Waals surface area contributed by atoms with Crippen molar-refractivity contribution in [1.29, 1.82) is 5.26 Å². The molecule has 0 aliphatic carbocycles. The minimum Gasteiger partial charge on any atom is -0.490 e. The summed E-state index contributed by atoms with van der Waals surface area (Å²) in [5.74, 6) is 1.32. The number of nitriles is 1. The fourth-order valence-corrected chi connectivity index (χ4v) is 3.77. The van der Waals surface area contributed by atoms with E-state index in [1.54, 1.807) is 18.2 Å². The highest BCUT2D eigenvalue weighted by atomic mass is 35.5. The highest BCUT2D eigenvalue weighted by molar-refractivity contribution is 6.33. The van der Waals surface area contributed by atoms with Gasteiger partial charge in [-0.2, -0.15) is 10.2 Å². The molecule has 31 heavy (non-hydrogen) atoms. The standard InChI is InChI=1S/C23H21ClN4O3/c1-14(2)30-20-8-6-16(11-17(20)12-25)23-26-22(27-31-23)18-7-5-15(10-19(18)24)13-28-9-3-4-21(28)29/h5-8,10-11,14H,3-4,9,13H2,1-2H3. The highest BCUT2D eigenvalue weighted by Gasteiger charge is 2.21. The molecule has 0 bridgehead atoms. The summed E-state index contributed by atoms with van der Waals surface area (Å²) >= 11 is 6.47. The second-order valence-corrected chi connectivity index (χ2v) is 8.05. The molecule has 1 fully saturated rings. The average molecular weight is 437 g/mol. The maximum atomic E-state index is 11.8. The lowest BCUT2D eigenvalue weighted by molar-refractivity contribution is -0.128. The fraction of sp³-hybridized carbons (Fsp3) is 0.304. The molecular weight excluding hydrogens is 416 g/mol. The first kappa shape index (κ1) is 20.9. The lowest BCUT2D eigenvalue weighted by Crippen LogP contribution is -2.23. The molecule has 1 aromatic heterocycles. The lowest BCUT2D eigenvalue weighted by Gasteiger charge is -2.15. The summed E-state index contributed by atoms with van der Waals surface area (Å²) in [4.78, 5) is 18.1. The van der Waals surface area contributed by atoms with Crippen LogP contribution in [0.4, 0.5) is 0 Å². The molecule has 4 rings (SSSR count). The van der Waals surface area contributed by atoms with Crippen molar-refractivity contribution in [2.45, 2.75) is 39.3 Å². The fourth-order valence-electron chi connectivity index (χ4n) is 3.49. The van der Waals surface area contributed by atoms with Crippen molar-refractivity contribution in [3.63, 3.8) is 0 Å². The van der Waals surface area contributed by atoms with Crippen LogP contribution in [0.5, 0.6) is 5.75 Å². The molecule has 1 amide bonds. The molecule has 1 aliphatic rings. The topological polar surface area (TPSA) is 92.2 Å². The van der Waals surface area contributed by atoms with Crippen LogP contribution in [0.25, 0.3) is 22.8 Å². The van der Waals surface area contributed by atoms with E-state index < -0.39 is 0 Å². The first-order chi connectivity index (χ1) is 14.9. The molecule has 2 heterocycles. The molecule has 0 unspecified atom stereocenters. The van der Waals surface area contributed by atoms with Crippen LogP contribution in [-0.2, 0) is 11.3 Å². The molecule has 0 atom stereocenters. The van der Waals surface area contributed by atoms with E-state index in [1.165, 1.54) is 0 Å². The Morgan fingerprint density at radius 1 is 1.29 bits per heavy atom. The third-order valence-corrected chi connectivity index (χ3v) is 5.27. The summed E-state index contributed by atoms with van der Waals surface area (Å²) in [7, 11) is 0. The molecule has 0 spiro atoms. The van der Waals surface area contributed by atoms with Gasteiger partial charge in [0.15, 0.2) is 0 Å². The molecule has 0 N–H and O–H groups in total. The van der Waals surface area contributed by atoms with E-state index in [2.05, 4.69) is 16.2 Å². The van der Waals surface area contributed by atoms with Crippen LogP contribution in [-0.4, -0.2) is 33.6 Å². The summed E-state index contributed by atoms with van der Waals surface area (Å²) < 4.78 is 11.1. The Kier molecular flexibility index (Phi) is 5.92. The van der Waals surface area contributed by atoms with Gasteiger partial charge in [0.2, 0.25) is 11.7 Å². The van der Waals surface area contributed by atoms with E-state index in [4.69, 9.17) is 20.9 Å². The number of carbonyl (C=O) groups is 1. The van der Waals surface area contributed by atoms with Crippen LogP contribution < -0.4 is 4.74 Å². The van der Waals surface area contributed by atoms with Crippen molar-refractivity contribution in [1.82, 2.24) is 15.0 Å². The van der Waals surface area contributed by atoms with Crippen molar-refractivity contribution < 1.29 is 14.1 Å². The Bertz CT molecular complexity index is 1170. The van der Waals surface area contributed by atoms with Gasteiger partial charge < -0.3 is 14.2 Å². The molecule has 0 radical (unpaired) electrons. The maximum absolute atomic E-state index is 11.8. The van der Waals surface area contributed by atoms with E-state index in [0.717, 1.165) is 18.5 Å². The first-order valence-corrected chi connectivity index (χ1v) is 10.4. The van der Waals surface area contributed by atoms with E-state index in [0.29, 0.717) is 46.3 Å². The van der Waals surface area contributed by atoms with Crippen LogP contribution in [0.2, 0.25) is 5.02 Å². The van der Waals surface area contributed by atoms with E-state index >= 15 is 0 Å². The number of aromatic nitrogens is 2. The zero-order valence-electron chi connectivity index (χ0n) is 17.3. The number of hydrogen-bond acceptors (Lipinski definition) is 6. The predicted molar refractivity (Wildman–Crippen MR) is 115 cm³/mol. The number of hydrogen-bond donors (Lipinski definition) is 0. The van der Waals surface area contributed by atoms with Gasteiger partial charge in [0.05, 0.1) is 16.7 Å². The summed E-state index contributed by atoms with van der Waals surface area (Å²) in [5.41, 5.74) is 2.59. The Balaban J connectivity index is 1.56. The zero-order valence-corrected chi connectivity index (χ0v) is 18.0. The van der Waals surface area contributed by atoms with E-state index in [9.17, 15) is 10.1 Å². The quantitative estimate of drug-likeness (QED) is 0.549. The minimum atomic E-state index is -0.0401. The zero-order chi connectivity index (χ0) is 22.0. The second-order valence-electron chi connectivity index (χ2n) is 7.65. The summed E-state index contributed by atoms with van der Waals surface area (Å²) in [5, 5.41) is 14.0. The van der Waals surface area contributed by atoms with Crippen LogP contribution in [0, 0.1) is 11.3 Å². The number of amides is 1. The van der Waals surface area contributed by atoms with Gasteiger partial charge in [-0.15, -0.1) is 0 Å². The monoisotopic (exact) mass is 436 g/mol. The van der Waals surface area contributed by atoms with Crippen molar-refractivity contribution >= 4 is 17.5 Å². The maximum Gasteiger partial charge on any atom is 0.258 e. The third kappa shape index (κ3) is 4.54. The Labute approximate surface area is 185 Å². The molecule has 1 saturated heterocycles. The van der Waals surface area contributed by atoms with Gasteiger partial charge in [-0.1, -0.05) is 22.8 Å². The smallest absolute Gasteiger partial charge is 0.258 e. The first-order valence-electron chi connectivity index (χ1n) is 10.1. The third-order valence-electron chi connectivity index (χ3n) is 4.95.